The zero-order valence-electron chi connectivity index (χ0n) is 16.5. The van der Waals surface area contributed by atoms with E-state index in [2.05, 4.69) is 15.4 Å². The highest BCUT2D eigenvalue weighted by molar-refractivity contribution is 7.80. The summed E-state index contributed by atoms with van der Waals surface area (Å²) >= 11 is 5.18. The fourth-order valence-electron chi connectivity index (χ4n) is 2.47. The number of methoxy groups -OCH3 is 1. The number of hydrogen-bond acceptors (Lipinski definition) is 5. The Labute approximate surface area is 175 Å². The van der Waals surface area contributed by atoms with Crippen molar-refractivity contribution in [2.45, 2.75) is 12.8 Å². The molecule has 0 aliphatic heterocycles. The third-order valence-electron chi connectivity index (χ3n) is 4.11. The standard InChI is InChI=1S/C21H23N3O4S/c1-24(2)18(25)12-9-14-7-10-17(11-8-14)22-21(29)23-19(26)15-5-4-6-16(13-15)20(27)28-3/h4-8,10-11,13H,9,12H2,1-3H3,(H2,22,23,26,29). The van der Waals surface area contributed by atoms with E-state index in [9.17, 15) is 14.4 Å². The molecule has 2 rings (SSSR count). The van der Waals surface area contributed by atoms with Gasteiger partial charge in [0, 0.05) is 31.8 Å². The van der Waals surface area contributed by atoms with Gasteiger partial charge in [0.2, 0.25) is 5.91 Å². The van der Waals surface area contributed by atoms with E-state index >= 15 is 0 Å². The first-order chi connectivity index (χ1) is 13.8. The van der Waals surface area contributed by atoms with Crippen molar-refractivity contribution in [3.8, 4) is 0 Å². The molecule has 0 radical (unpaired) electrons. The topological polar surface area (TPSA) is 87.7 Å². The fraction of sp³-hybridized carbons (Fsp3) is 0.238. The van der Waals surface area contributed by atoms with Crippen LogP contribution in [0.5, 0.6) is 0 Å². The van der Waals surface area contributed by atoms with Crippen molar-refractivity contribution in [3.05, 3.63) is 65.2 Å². The van der Waals surface area contributed by atoms with Gasteiger partial charge in [0.25, 0.3) is 5.91 Å². The molecule has 8 heteroatoms. The number of amides is 2. The van der Waals surface area contributed by atoms with Crippen molar-refractivity contribution in [1.82, 2.24) is 10.2 Å². The number of hydrogen-bond donors (Lipinski definition) is 2. The lowest BCUT2D eigenvalue weighted by Gasteiger charge is -2.12. The van der Waals surface area contributed by atoms with Crippen LogP contribution in [0.25, 0.3) is 0 Å². The Balaban J connectivity index is 1.91. The van der Waals surface area contributed by atoms with E-state index in [1.54, 1.807) is 37.2 Å². The number of benzene rings is 2. The molecule has 0 aliphatic rings. The quantitative estimate of drug-likeness (QED) is 0.559. The third-order valence-corrected chi connectivity index (χ3v) is 4.32. The van der Waals surface area contributed by atoms with Gasteiger partial charge < -0.3 is 15.0 Å². The summed E-state index contributed by atoms with van der Waals surface area (Å²) in [6.45, 7) is 0. The monoisotopic (exact) mass is 413 g/mol. The molecular weight excluding hydrogens is 390 g/mol. The lowest BCUT2D eigenvalue weighted by Crippen LogP contribution is -2.34. The number of rotatable bonds is 6. The van der Waals surface area contributed by atoms with E-state index in [0.29, 0.717) is 18.5 Å². The van der Waals surface area contributed by atoms with E-state index in [-0.39, 0.29) is 22.1 Å². The Hall–Kier alpha value is -3.26. The number of ether oxygens (including phenoxy) is 1. The normalized spacial score (nSPS) is 10.0. The predicted molar refractivity (Wildman–Crippen MR) is 115 cm³/mol. The van der Waals surface area contributed by atoms with Gasteiger partial charge in [0.1, 0.15) is 0 Å². The summed E-state index contributed by atoms with van der Waals surface area (Å²) < 4.78 is 4.65. The molecule has 0 unspecified atom stereocenters. The first-order valence-corrected chi connectivity index (χ1v) is 9.30. The van der Waals surface area contributed by atoms with Crippen LogP contribution in [0.3, 0.4) is 0 Å². The van der Waals surface area contributed by atoms with Gasteiger partial charge in [-0.2, -0.15) is 0 Å². The first-order valence-electron chi connectivity index (χ1n) is 8.90. The molecule has 0 fully saturated rings. The average Bonchev–Trinajstić information content (AvgIpc) is 2.72. The van der Waals surface area contributed by atoms with E-state index in [4.69, 9.17) is 12.2 Å². The van der Waals surface area contributed by atoms with E-state index < -0.39 is 11.9 Å². The van der Waals surface area contributed by atoms with Crippen molar-refractivity contribution >= 4 is 40.8 Å². The van der Waals surface area contributed by atoms with E-state index in [0.717, 1.165) is 5.56 Å². The predicted octanol–water partition coefficient (Wildman–Crippen LogP) is 2.62. The molecule has 152 valence electrons. The average molecular weight is 413 g/mol. The number of esters is 1. The van der Waals surface area contributed by atoms with E-state index in [1.165, 1.54) is 13.2 Å². The molecule has 0 aliphatic carbocycles. The number of anilines is 1. The number of aryl methyl sites for hydroxylation is 1. The Morgan fingerprint density at radius 1 is 1.03 bits per heavy atom. The second kappa shape index (κ2) is 10.3. The van der Waals surface area contributed by atoms with Crippen LogP contribution in [0.4, 0.5) is 5.69 Å². The minimum absolute atomic E-state index is 0.0763. The Kier molecular flexibility index (Phi) is 7.85. The lowest BCUT2D eigenvalue weighted by atomic mass is 10.1. The van der Waals surface area contributed by atoms with Gasteiger partial charge in [-0.1, -0.05) is 18.2 Å². The van der Waals surface area contributed by atoms with Crippen LogP contribution in [0.1, 0.15) is 32.7 Å². The molecule has 2 aromatic rings. The van der Waals surface area contributed by atoms with Crippen molar-refractivity contribution < 1.29 is 19.1 Å². The van der Waals surface area contributed by atoms with Crippen LogP contribution in [-0.2, 0) is 16.0 Å². The summed E-state index contributed by atoms with van der Waals surface area (Å²) in [4.78, 5) is 37.1. The molecule has 2 aromatic carbocycles. The molecule has 0 saturated carbocycles. The van der Waals surface area contributed by atoms with Crippen LogP contribution >= 0.6 is 12.2 Å². The zero-order valence-corrected chi connectivity index (χ0v) is 17.3. The summed E-state index contributed by atoms with van der Waals surface area (Å²) in [5, 5.41) is 5.64. The highest BCUT2D eigenvalue weighted by atomic mass is 32.1. The first kappa shape index (κ1) is 22.0. The van der Waals surface area contributed by atoms with Crippen LogP contribution in [0.15, 0.2) is 48.5 Å². The van der Waals surface area contributed by atoms with Crippen LogP contribution in [0, 0.1) is 0 Å². The minimum atomic E-state index is -0.521. The molecule has 0 saturated heterocycles. The number of carbonyl (C=O) groups excluding carboxylic acids is 3. The molecule has 2 N–H and O–H groups in total. The Morgan fingerprint density at radius 3 is 2.31 bits per heavy atom. The van der Waals surface area contributed by atoms with Gasteiger partial charge in [-0.25, -0.2) is 4.79 Å². The Bertz CT molecular complexity index is 910. The maximum atomic E-state index is 12.3. The summed E-state index contributed by atoms with van der Waals surface area (Å²) in [5.74, 6) is -0.882. The van der Waals surface area contributed by atoms with Crippen LogP contribution < -0.4 is 10.6 Å². The molecule has 2 amide bonds. The number of carbonyl (C=O) groups is 3. The van der Waals surface area contributed by atoms with Crippen LogP contribution in [-0.4, -0.2) is 49.0 Å². The minimum Gasteiger partial charge on any atom is -0.465 e. The number of nitrogens with zero attached hydrogens (tertiary/aromatic N) is 1. The number of nitrogens with one attached hydrogen (secondary N) is 2. The molecule has 0 atom stereocenters. The number of thiocarbonyl (C=S) groups is 1. The van der Waals surface area contributed by atoms with Gasteiger partial charge >= 0.3 is 5.97 Å². The maximum Gasteiger partial charge on any atom is 0.337 e. The van der Waals surface area contributed by atoms with Crippen molar-refractivity contribution in [3.63, 3.8) is 0 Å². The van der Waals surface area contributed by atoms with Gasteiger partial charge in [0.05, 0.1) is 12.7 Å². The molecule has 7 nitrogen and oxygen atoms in total. The van der Waals surface area contributed by atoms with Crippen molar-refractivity contribution in [2.75, 3.05) is 26.5 Å². The zero-order chi connectivity index (χ0) is 21.4. The summed E-state index contributed by atoms with van der Waals surface area (Å²) in [6, 6.07) is 13.6. The molecule has 0 aromatic heterocycles. The second-order valence-corrected chi connectivity index (χ2v) is 6.87. The van der Waals surface area contributed by atoms with Crippen LogP contribution in [0.2, 0.25) is 0 Å². The van der Waals surface area contributed by atoms with Gasteiger partial charge in [0.15, 0.2) is 5.11 Å². The fourth-order valence-corrected chi connectivity index (χ4v) is 2.68. The molecule has 0 heterocycles. The molecule has 0 spiro atoms. The third kappa shape index (κ3) is 6.69. The summed E-state index contributed by atoms with van der Waals surface area (Å²) in [6.07, 6.45) is 1.09. The van der Waals surface area contributed by atoms with Gasteiger partial charge in [-0.3, -0.25) is 14.9 Å². The van der Waals surface area contributed by atoms with E-state index in [1.807, 2.05) is 24.3 Å². The van der Waals surface area contributed by atoms with Gasteiger partial charge in [-0.05, 0) is 54.5 Å². The smallest absolute Gasteiger partial charge is 0.337 e. The largest absolute Gasteiger partial charge is 0.465 e. The van der Waals surface area contributed by atoms with Crippen molar-refractivity contribution in [2.24, 2.45) is 0 Å². The van der Waals surface area contributed by atoms with Gasteiger partial charge in [-0.15, -0.1) is 0 Å². The summed E-state index contributed by atoms with van der Waals surface area (Å²) in [5.41, 5.74) is 2.31. The maximum absolute atomic E-state index is 12.3. The Morgan fingerprint density at radius 2 is 1.69 bits per heavy atom. The lowest BCUT2D eigenvalue weighted by molar-refractivity contribution is -0.128. The second-order valence-electron chi connectivity index (χ2n) is 6.47. The SMILES string of the molecule is COC(=O)c1cccc(C(=O)NC(=S)Nc2ccc(CCC(=O)N(C)C)cc2)c1. The highest BCUT2D eigenvalue weighted by Crippen LogP contribution is 2.12. The highest BCUT2D eigenvalue weighted by Gasteiger charge is 2.12. The summed E-state index contributed by atoms with van der Waals surface area (Å²) in [7, 11) is 4.74. The van der Waals surface area contributed by atoms with Crippen molar-refractivity contribution in [1.29, 1.82) is 0 Å². The molecule has 0 bridgehead atoms. The molecular formula is C21H23N3O4S. The molecule has 29 heavy (non-hydrogen) atoms.